The van der Waals surface area contributed by atoms with E-state index in [-0.39, 0.29) is 22.3 Å². The zero-order chi connectivity index (χ0) is 21.0. The van der Waals surface area contributed by atoms with Gasteiger partial charge in [0, 0.05) is 13.1 Å². The summed E-state index contributed by atoms with van der Waals surface area (Å²) in [5.74, 6) is 0. The zero-order valence-electron chi connectivity index (χ0n) is 19.7. The molecule has 1 fully saturated rings. The monoisotopic (exact) mass is 367 g/mol. The molecular formula is C23H45NO2. The van der Waals surface area contributed by atoms with Crippen molar-refractivity contribution in [2.24, 2.45) is 16.2 Å². The van der Waals surface area contributed by atoms with Gasteiger partial charge in [0.05, 0.1) is 0 Å². The predicted octanol–water partition coefficient (Wildman–Crippen LogP) is 7.07. The highest BCUT2D eigenvalue weighted by atomic mass is 16.6. The molecule has 1 saturated heterocycles. The highest BCUT2D eigenvalue weighted by molar-refractivity contribution is 5.68. The Kier molecular flexibility index (Phi) is 8.46. The minimum Gasteiger partial charge on any atom is -0.444 e. The van der Waals surface area contributed by atoms with E-state index >= 15 is 0 Å². The van der Waals surface area contributed by atoms with Gasteiger partial charge in [0.25, 0.3) is 0 Å². The van der Waals surface area contributed by atoms with Gasteiger partial charge in [0.1, 0.15) is 5.60 Å². The second-order valence-electron chi connectivity index (χ2n) is 10.7. The van der Waals surface area contributed by atoms with Crippen LogP contribution in [0.2, 0.25) is 0 Å². The summed E-state index contributed by atoms with van der Waals surface area (Å²) in [5, 5.41) is 0. The summed E-state index contributed by atoms with van der Waals surface area (Å²) in [6.07, 6.45) is 4.15. The Morgan fingerprint density at radius 3 is 1.88 bits per heavy atom. The Morgan fingerprint density at radius 1 is 1.00 bits per heavy atom. The lowest BCUT2D eigenvalue weighted by Gasteiger charge is -2.38. The average Bonchev–Trinajstić information content (AvgIpc) is 2.44. The molecule has 1 rings (SSSR count). The van der Waals surface area contributed by atoms with E-state index in [1.165, 1.54) is 5.57 Å². The van der Waals surface area contributed by atoms with Crippen molar-refractivity contribution in [3.63, 3.8) is 0 Å². The van der Waals surface area contributed by atoms with Gasteiger partial charge in [0.15, 0.2) is 0 Å². The molecule has 1 amide bonds. The van der Waals surface area contributed by atoms with Crippen molar-refractivity contribution in [2.75, 3.05) is 13.1 Å². The number of hydrogen-bond donors (Lipinski definition) is 0. The third-order valence-electron chi connectivity index (χ3n) is 4.70. The smallest absolute Gasteiger partial charge is 0.410 e. The number of amides is 1. The Bertz CT molecular complexity index is 493. The molecule has 0 radical (unpaired) electrons. The fourth-order valence-corrected chi connectivity index (χ4v) is 4.21. The van der Waals surface area contributed by atoms with Gasteiger partial charge in [0.2, 0.25) is 0 Å². The molecule has 0 N–H and O–H groups in total. The van der Waals surface area contributed by atoms with Crippen molar-refractivity contribution in [2.45, 2.75) is 102 Å². The number of carbonyl (C=O) groups excluding carboxylic acids is 1. The first-order valence-corrected chi connectivity index (χ1v) is 10.2. The summed E-state index contributed by atoms with van der Waals surface area (Å²) >= 11 is 0. The molecule has 0 aromatic rings. The van der Waals surface area contributed by atoms with Crippen LogP contribution in [0.15, 0.2) is 11.6 Å². The molecule has 0 unspecified atom stereocenters. The van der Waals surface area contributed by atoms with E-state index in [0.717, 1.165) is 25.9 Å². The number of hydrogen-bond acceptors (Lipinski definition) is 2. The van der Waals surface area contributed by atoms with Crippen LogP contribution in [-0.2, 0) is 4.74 Å². The molecule has 0 bridgehead atoms. The van der Waals surface area contributed by atoms with Gasteiger partial charge in [-0.05, 0) is 56.8 Å². The SMILES string of the molecule is C/C=C1\CC(C)(C)CN(C(=O)OC(C)(C)C)CC(C)(C)CC1(C)C.CC. The van der Waals surface area contributed by atoms with E-state index < -0.39 is 5.60 Å². The number of ether oxygens (including phenoxy) is 1. The van der Waals surface area contributed by atoms with Crippen molar-refractivity contribution in [1.29, 1.82) is 0 Å². The second-order valence-corrected chi connectivity index (χ2v) is 10.7. The first-order valence-electron chi connectivity index (χ1n) is 10.2. The van der Waals surface area contributed by atoms with Gasteiger partial charge in [-0.15, -0.1) is 0 Å². The van der Waals surface area contributed by atoms with Crippen molar-refractivity contribution in [3.05, 3.63) is 11.6 Å². The molecule has 3 nitrogen and oxygen atoms in total. The van der Waals surface area contributed by atoms with E-state index in [9.17, 15) is 4.79 Å². The van der Waals surface area contributed by atoms with Crippen LogP contribution in [-0.4, -0.2) is 29.7 Å². The van der Waals surface area contributed by atoms with Crippen molar-refractivity contribution < 1.29 is 9.53 Å². The average molecular weight is 368 g/mol. The summed E-state index contributed by atoms with van der Waals surface area (Å²) in [6.45, 7) is 27.1. The number of rotatable bonds is 0. The lowest BCUT2D eigenvalue weighted by molar-refractivity contribution is 0.00911. The Hall–Kier alpha value is -0.990. The molecule has 0 spiro atoms. The fraction of sp³-hybridized carbons (Fsp3) is 0.870. The van der Waals surface area contributed by atoms with Gasteiger partial charge in [-0.2, -0.15) is 0 Å². The molecule has 0 aliphatic carbocycles. The highest BCUT2D eigenvalue weighted by Crippen LogP contribution is 2.45. The van der Waals surface area contributed by atoms with E-state index in [0.29, 0.717) is 0 Å². The molecule has 3 heteroatoms. The van der Waals surface area contributed by atoms with Gasteiger partial charge in [-0.1, -0.05) is 67.0 Å². The summed E-state index contributed by atoms with van der Waals surface area (Å²) in [5.41, 5.74) is 1.23. The molecule has 0 aromatic heterocycles. The first kappa shape index (κ1) is 25.0. The molecule has 1 heterocycles. The van der Waals surface area contributed by atoms with Crippen LogP contribution in [0.4, 0.5) is 4.79 Å². The predicted molar refractivity (Wildman–Crippen MR) is 113 cm³/mol. The molecule has 26 heavy (non-hydrogen) atoms. The van der Waals surface area contributed by atoms with Gasteiger partial charge in [-0.25, -0.2) is 4.79 Å². The quantitative estimate of drug-likeness (QED) is 0.428. The van der Waals surface area contributed by atoms with Crippen molar-refractivity contribution >= 4 is 6.09 Å². The van der Waals surface area contributed by atoms with Gasteiger partial charge >= 0.3 is 6.09 Å². The number of nitrogens with zero attached hydrogens (tertiary/aromatic N) is 1. The lowest BCUT2D eigenvalue weighted by atomic mass is 9.68. The van der Waals surface area contributed by atoms with Gasteiger partial charge in [-0.3, -0.25) is 0 Å². The Balaban J connectivity index is 0.00000301. The minimum atomic E-state index is -0.461. The molecule has 0 saturated carbocycles. The summed E-state index contributed by atoms with van der Waals surface area (Å²) in [6, 6.07) is 0. The Labute approximate surface area is 163 Å². The summed E-state index contributed by atoms with van der Waals surface area (Å²) < 4.78 is 5.68. The molecule has 0 aromatic carbocycles. The van der Waals surface area contributed by atoms with E-state index in [1.54, 1.807) is 0 Å². The fourth-order valence-electron chi connectivity index (χ4n) is 4.21. The number of carbonyl (C=O) groups is 1. The van der Waals surface area contributed by atoms with Gasteiger partial charge < -0.3 is 9.64 Å². The maximum atomic E-state index is 12.8. The summed E-state index contributed by atoms with van der Waals surface area (Å²) in [7, 11) is 0. The van der Waals surface area contributed by atoms with Crippen LogP contribution in [0.1, 0.15) is 95.9 Å². The minimum absolute atomic E-state index is 0.0242. The van der Waals surface area contributed by atoms with Crippen LogP contribution in [0.25, 0.3) is 0 Å². The normalized spacial score (nSPS) is 23.8. The van der Waals surface area contributed by atoms with Crippen LogP contribution in [0, 0.1) is 16.2 Å². The molecule has 154 valence electrons. The molecule has 0 atom stereocenters. The topological polar surface area (TPSA) is 29.5 Å². The third kappa shape index (κ3) is 8.14. The summed E-state index contributed by atoms with van der Waals surface area (Å²) in [4.78, 5) is 14.7. The standard InChI is InChI=1S/C21H39NO2.C2H6/c1-11-16-12-19(5,6)14-22(17(23)24-18(2,3)4)15-20(7,8)13-21(16,9)10;1-2/h11H,12-15H2,1-10H3;1-2H3/b16-11+;. The maximum absolute atomic E-state index is 12.8. The Morgan fingerprint density at radius 2 is 1.46 bits per heavy atom. The van der Waals surface area contributed by atoms with E-state index in [2.05, 4.69) is 54.5 Å². The van der Waals surface area contributed by atoms with E-state index in [1.807, 2.05) is 39.5 Å². The van der Waals surface area contributed by atoms with Crippen molar-refractivity contribution in [3.8, 4) is 0 Å². The third-order valence-corrected chi connectivity index (χ3v) is 4.70. The van der Waals surface area contributed by atoms with Crippen LogP contribution in [0.5, 0.6) is 0 Å². The highest BCUT2D eigenvalue weighted by Gasteiger charge is 2.40. The lowest BCUT2D eigenvalue weighted by Crippen LogP contribution is -2.45. The zero-order valence-corrected chi connectivity index (χ0v) is 19.7. The van der Waals surface area contributed by atoms with Crippen LogP contribution >= 0.6 is 0 Å². The molecular weight excluding hydrogens is 322 g/mol. The van der Waals surface area contributed by atoms with Crippen LogP contribution < -0.4 is 0 Å². The molecule has 1 aliphatic heterocycles. The van der Waals surface area contributed by atoms with E-state index in [4.69, 9.17) is 4.74 Å². The van der Waals surface area contributed by atoms with Crippen molar-refractivity contribution in [1.82, 2.24) is 4.90 Å². The van der Waals surface area contributed by atoms with Crippen LogP contribution in [0.3, 0.4) is 0 Å². The second kappa shape index (κ2) is 8.80. The first-order chi connectivity index (χ1) is 11.6. The molecule has 1 aliphatic rings. The largest absolute Gasteiger partial charge is 0.444 e. The maximum Gasteiger partial charge on any atom is 0.410 e. The number of allylic oxidation sites excluding steroid dienone is 2.